The molecule has 49 heavy (non-hydrogen) atoms. The molecule has 2 amide bonds. The van der Waals surface area contributed by atoms with Crippen molar-refractivity contribution in [3.63, 3.8) is 0 Å². The van der Waals surface area contributed by atoms with Crippen LogP contribution in [-0.2, 0) is 15.0 Å². The Morgan fingerprint density at radius 1 is 0.796 bits per heavy atom. The molecule has 0 radical (unpaired) electrons. The van der Waals surface area contributed by atoms with Gasteiger partial charge in [0.05, 0.1) is 22.2 Å². The molecule has 1 unspecified atom stereocenters. The number of carbonyl (C=O) groups excluding carboxylic acids is 2. The Kier molecular flexibility index (Phi) is 12.0. The Labute approximate surface area is 290 Å². The molecule has 0 spiro atoms. The lowest BCUT2D eigenvalue weighted by Crippen LogP contribution is -2.44. The van der Waals surface area contributed by atoms with Crippen LogP contribution in [0.2, 0.25) is 0 Å². The van der Waals surface area contributed by atoms with E-state index in [1.165, 1.54) is 23.3 Å². The van der Waals surface area contributed by atoms with Gasteiger partial charge in [-0.05, 0) is 74.8 Å². The van der Waals surface area contributed by atoms with Crippen molar-refractivity contribution in [2.45, 2.75) is 70.6 Å². The lowest BCUT2D eigenvalue weighted by molar-refractivity contribution is -0.384. The highest BCUT2D eigenvalue weighted by atomic mass is 16.6. The van der Waals surface area contributed by atoms with Crippen LogP contribution in [0.15, 0.2) is 108 Å². The average Bonchev–Trinajstić information content (AvgIpc) is 3.16. The summed E-state index contributed by atoms with van der Waals surface area (Å²) in [6.45, 7) is 9.92. The number of amides is 2. The molecular weight excluding hydrogens is 614 g/mol. The van der Waals surface area contributed by atoms with Gasteiger partial charge in [-0.3, -0.25) is 19.7 Å². The minimum absolute atomic E-state index is 0.00158. The zero-order valence-electron chi connectivity index (χ0n) is 29.0. The maximum Gasteiger partial charge on any atom is 0.269 e. The van der Waals surface area contributed by atoms with Gasteiger partial charge in [0.15, 0.2) is 0 Å². The second-order valence-electron chi connectivity index (χ2n) is 12.9. The molecule has 1 saturated heterocycles. The lowest BCUT2D eigenvalue weighted by atomic mass is 9.68. The van der Waals surface area contributed by atoms with Gasteiger partial charge in [-0.1, -0.05) is 93.6 Å². The molecule has 3 aromatic carbocycles. The van der Waals surface area contributed by atoms with E-state index < -0.39 is 10.8 Å². The van der Waals surface area contributed by atoms with E-state index in [0.29, 0.717) is 25.9 Å². The summed E-state index contributed by atoms with van der Waals surface area (Å²) < 4.78 is 0. The largest absolute Gasteiger partial charge is 0.359 e. The smallest absolute Gasteiger partial charge is 0.269 e. The first-order valence-corrected chi connectivity index (χ1v) is 17.6. The first-order valence-electron chi connectivity index (χ1n) is 17.6. The SMILES string of the molecule is CCCN(C=O)C1=C(CC)NC(CC)=C(N(C=O)CCCN2CCC(c3ccccc3)(c3ccccc3)CC2)C1c1ccc([N+](=O)[O-])cc1. The van der Waals surface area contributed by atoms with Crippen molar-refractivity contribution in [1.82, 2.24) is 20.0 Å². The second-order valence-corrected chi connectivity index (χ2v) is 12.9. The number of nitrogens with one attached hydrogen (secondary N) is 1. The van der Waals surface area contributed by atoms with Crippen molar-refractivity contribution in [3.05, 3.63) is 135 Å². The van der Waals surface area contributed by atoms with Gasteiger partial charge in [0.1, 0.15) is 0 Å². The van der Waals surface area contributed by atoms with E-state index in [2.05, 4.69) is 77.8 Å². The number of piperidine rings is 1. The van der Waals surface area contributed by atoms with Gasteiger partial charge >= 0.3 is 0 Å². The van der Waals surface area contributed by atoms with Crippen molar-refractivity contribution in [1.29, 1.82) is 0 Å². The molecule has 2 aliphatic heterocycles. The summed E-state index contributed by atoms with van der Waals surface area (Å²) in [4.78, 5) is 42.6. The number of benzene rings is 3. The van der Waals surface area contributed by atoms with Gasteiger partial charge in [0.25, 0.3) is 5.69 Å². The predicted octanol–water partition coefficient (Wildman–Crippen LogP) is 7.32. The number of allylic oxidation sites excluding steroid dienone is 2. The lowest BCUT2D eigenvalue weighted by Gasteiger charge is -2.43. The van der Waals surface area contributed by atoms with Gasteiger partial charge in [-0.25, -0.2) is 0 Å². The molecular formula is C40H49N5O4. The monoisotopic (exact) mass is 663 g/mol. The standard InChI is InChI=1S/C40H49N5O4/c1-4-24-43(29-46)38-35(5-2)41-36(6-3)39(37(38)31-18-20-34(21-19-31)45(48)49)44(30-47)26-13-25-42-27-22-40(23-28-42,32-14-9-7-10-15-32)33-16-11-8-12-17-33/h7-12,14-21,29-30,37,41H,4-6,13,22-28H2,1-3H3. The maximum absolute atomic E-state index is 13.0. The Morgan fingerprint density at radius 2 is 1.31 bits per heavy atom. The van der Waals surface area contributed by atoms with Crippen LogP contribution in [0.3, 0.4) is 0 Å². The van der Waals surface area contributed by atoms with E-state index in [0.717, 1.165) is 86.5 Å². The predicted molar refractivity (Wildman–Crippen MR) is 193 cm³/mol. The summed E-state index contributed by atoms with van der Waals surface area (Å²) in [5.74, 6) is -0.443. The van der Waals surface area contributed by atoms with E-state index in [4.69, 9.17) is 0 Å². The highest BCUT2D eigenvalue weighted by Gasteiger charge is 2.39. The number of hydrogen-bond acceptors (Lipinski definition) is 6. The Balaban J connectivity index is 1.38. The van der Waals surface area contributed by atoms with E-state index in [-0.39, 0.29) is 11.1 Å². The van der Waals surface area contributed by atoms with E-state index in [9.17, 15) is 19.7 Å². The molecule has 0 aromatic heterocycles. The van der Waals surface area contributed by atoms with Gasteiger partial charge in [0, 0.05) is 42.0 Å². The molecule has 1 atom stereocenters. The summed E-state index contributed by atoms with van der Waals surface area (Å²) in [6, 6.07) is 28.2. The molecule has 9 nitrogen and oxygen atoms in total. The quantitative estimate of drug-likeness (QED) is 0.0980. The zero-order chi connectivity index (χ0) is 34.8. The normalized spacial score (nSPS) is 17.7. The fraction of sp³-hybridized carbons (Fsp3) is 0.400. The third-order valence-corrected chi connectivity index (χ3v) is 10.2. The van der Waals surface area contributed by atoms with Crippen molar-refractivity contribution in [2.24, 2.45) is 0 Å². The number of carbonyl (C=O) groups is 2. The molecule has 2 heterocycles. The summed E-state index contributed by atoms with van der Waals surface area (Å²) in [5.41, 5.74) is 6.93. The summed E-state index contributed by atoms with van der Waals surface area (Å²) in [7, 11) is 0. The van der Waals surface area contributed by atoms with E-state index >= 15 is 0 Å². The van der Waals surface area contributed by atoms with Crippen LogP contribution in [0.5, 0.6) is 0 Å². The number of likely N-dealkylation sites (tertiary alicyclic amines) is 1. The molecule has 1 N–H and O–H groups in total. The highest BCUT2D eigenvalue weighted by molar-refractivity contribution is 5.61. The third kappa shape index (κ3) is 7.62. The number of rotatable bonds is 16. The van der Waals surface area contributed by atoms with Crippen LogP contribution >= 0.6 is 0 Å². The zero-order valence-corrected chi connectivity index (χ0v) is 29.0. The van der Waals surface area contributed by atoms with Gasteiger partial charge in [-0.2, -0.15) is 0 Å². The van der Waals surface area contributed by atoms with Crippen LogP contribution < -0.4 is 5.32 Å². The van der Waals surface area contributed by atoms with Crippen LogP contribution in [-0.4, -0.2) is 65.2 Å². The summed E-state index contributed by atoms with van der Waals surface area (Å²) >= 11 is 0. The van der Waals surface area contributed by atoms with Crippen molar-refractivity contribution in [2.75, 3.05) is 32.7 Å². The Hall–Kier alpha value is -4.76. The molecule has 0 aliphatic carbocycles. The minimum Gasteiger partial charge on any atom is -0.359 e. The van der Waals surface area contributed by atoms with Crippen LogP contribution in [0, 0.1) is 10.1 Å². The molecule has 0 saturated carbocycles. The molecule has 0 bridgehead atoms. The van der Waals surface area contributed by atoms with Crippen molar-refractivity contribution < 1.29 is 14.5 Å². The van der Waals surface area contributed by atoms with Gasteiger partial charge in [-0.15, -0.1) is 0 Å². The van der Waals surface area contributed by atoms with E-state index in [1.54, 1.807) is 21.9 Å². The fourth-order valence-corrected chi connectivity index (χ4v) is 7.69. The molecule has 258 valence electrons. The van der Waals surface area contributed by atoms with Crippen LogP contribution in [0.4, 0.5) is 5.69 Å². The number of non-ortho nitro benzene ring substituents is 1. The highest BCUT2D eigenvalue weighted by Crippen LogP contribution is 2.43. The number of nitrogens with zero attached hydrogens (tertiary/aromatic N) is 4. The van der Waals surface area contributed by atoms with Crippen LogP contribution in [0.25, 0.3) is 0 Å². The maximum atomic E-state index is 13.0. The molecule has 5 rings (SSSR count). The van der Waals surface area contributed by atoms with E-state index in [1.807, 2.05) is 13.8 Å². The molecule has 9 heteroatoms. The minimum atomic E-state index is -0.443. The Bertz CT molecular complexity index is 1590. The van der Waals surface area contributed by atoms with Gasteiger partial charge < -0.3 is 20.0 Å². The number of nitro benzene ring substituents is 1. The number of hydrogen-bond donors (Lipinski definition) is 1. The van der Waals surface area contributed by atoms with Crippen molar-refractivity contribution >= 4 is 18.5 Å². The summed E-state index contributed by atoms with van der Waals surface area (Å²) in [6.07, 6.45) is 6.64. The Morgan fingerprint density at radius 3 is 1.76 bits per heavy atom. The molecule has 3 aromatic rings. The number of dihydropyridines is 1. The second kappa shape index (κ2) is 16.6. The first kappa shape index (κ1) is 35.5. The topological polar surface area (TPSA) is 99.0 Å². The average molecular weight is 664 g/mol. The number of nitro groups is 1. The van der Waals surface area contributed by atoms with Crippen LogP contribution in [0.1, 0.15) is 81.9 Å². The fourth-order valence-electron chi connectivity index (χ4n) is 7.69. The first-order chi connectivity index (χ1) is 23.9. The molecule has 1 fully saturated rings. The summed E-state index contributed by atoms with van der Waals surface area (Å²) in [5, 5.41) is 15.1. The van der Waals surface area contributed by atoms with Gasteiger partial charge in [0.2, 0.25) is 12.8 Å². The molecule has 2 aliphatic rings. The third-order valence-electron chi connectivity index (χ3n) is 10.2. The van der Waals surface area contributed by atoms with Crippen molar-refractivity contribution in [3.8, 4) is 0 Å².